The fourth-order valence-corrected chi connectivity index (χ4v) is 7.04. The van der Waals surface area contributed by atoms with Crippen LogP contribution in [0.1, 0.15) is 56.0 Å². The summed E-state index contributed by atoms with van der Waals surface area (Å²) in [7, 11) is 0. The molecule has 7 rings (SSSR count). The molecule has 3 unspecified atom stereocenters. The highest BCUT2D eigenvalue weighted by Crippen LogP contribution is 2.61. The third-order valence-electron chi connectivity index (χ3n) is 9.42. The third kappa shape index (κ3) is 6.99. The predicted octanol–water partition coefficient (Wildman–Crippen LogP) is 3.75. The van der Waals surface area contributed by atoms with E-state index in [-0.39, 0.29) is 41.0 Å². The average Bonchev–Trinajstić information content (AvgIpc) is 3.66. The first-order valence-electron chi connectivity index (χ1n) is 16.9. The maximum atomic E-state index is 14.0. The van der Waals surface area contributed by atoms with Crippen molar-refractivity contribution in [3.05, 3.63) is 82.0 Å². The van der Waals surface area contributed by atoms with Crippen LogP contribution in [0, 0.1) is 5.92 Å². The average molecular weight is 716 g/mol. The number of alkyl halides is 3. The number of rotatable bonds is 10. The fraction of sp³-hybridized carbons (Fsp3) is 0.378. The summed E-state index contributed by atoms with van der Waals surface area (Å²) in [6, 6.07) is 10.3. The molecule has 0 radical (unpaired) electrons. The maximum Gasteiger partial charge on any atom is 0.471 e. The number of halogens is 3. The monoisotopic (exact) mass is 715 g/mol. The summed E-state index contributed by atoms with van der Waals surface area (Å²) in [4.78, 5) is 65.3. The predicted molar refractivity (Wildman–Crippen MR) is 186 cm³/mol. The van der Waals surface area contributed by atoms with E-state index < -0.39 is 54.3 Å². The number of hydrogen-bond donors (Lipinski definition) is 3. The molecule has 4 N–H and O–H groups in total. The molecule has 5 aliphatic rings. The van der Waals surface area contributed by atoms with Gasteiger partial charge < -0.3 is 15.8 Å². The summed E-state index contributed by atoms with van der Waals surface area (Å²) in [5.41, 5.74) is 10.8. The highest BCUT2D eigenvalue weighted by molar-refractivity contribution is 6.34. The Kier molecular flexibility index (Phi) is 8.62. The van der Waals surface area contributed by atoms with Crippen LogP contribution in [0.15, 0.2) is 85.8 Å². The van der Waals surface area contributed by atoms with Crippen molar-refractivity contribution in [2.45, 2.75) is 76.5 Å². The molecule has 0 aromatic heterocycles. The molecular weight excluding hydrogens is 679 g/mol. The zero-order chi connectivity index (χ0) is 37.1. The third-order valence-corrected chi connectivity index (χ3v) is 9.42. The van der Waals surface area contributed by atoms with E-state index in [1.807, 2.05) is 45.0 Å². The molecule has 4 atom stereocenters. The summed E-state index contributed by atoms with van der Waals surface area (Å²) in [5, 5.41) is 5.18. The smallest absolute Gasteiger partial charge is 0.471 e. The molecule has 0 saturated carbocycles. The molecule has 0 fully saturated rings. The fourth-order valence-electron chi connectivity index (χ4n) is 7.04. The van der Waals surface area contributed by atoms with Gasteiger partial charge in [-0.15, -0.1) is 0 Å². The Balaban J connectivity index is 1.09. The molecular formula is C37H36F3N7O5. The number of nitrogens with one attached hydrogen (secondary N) is 2. The standard InChI is InChI=1S/C37H36F3N7O5/c1-36(2,3)52-22-10-4-18(5-11-22)14-27(30(48)24-13-12-23-25-15-26(25)28(23)24)44-32(49)19-6-8-21(9-7-19)47(34(51)37(38,39)40)17-20-16-42-31-29(43-20)33(50)46-35(41)45-31/h4-11,16,24,27,29,31H,12-15,17H2,1-3H3,(H,44,49)(H3,41,45,46,50)/t24?,27-,29?,31?/m0/s1. The van der Waals surface area contributed by atoms with Gasteiger partial charge in [0.25, 0.3) is 11.8 Å². The van der Waals surface area contributed by atoms with Crippen LogP contribution < -0.4 is 26.0 Å². The molecule has 2 heterocycles. The second-order valence-electron chi connectivity index (χ2n) is 14.3. The molecule has 270 valence electrons. The molecule has 2 aliphatic heterocycles. The minimum Gasteiger partial charge on any atom is -0.488 e. The molecule has 12 nitrogen and oxygen atoms in total. The van der Waals surface area contributed by atoms with Gasteiger partial charge in [0.15, 0.2) is 24.0 Å². The molecule has 15 heteroatoms. The van der Waals surface area contributed by atoms with Crippen molar-refractivity contribution in [3.63, 3.8) is 0 Å². The second-order valence-corrected chi connectivity index (χ2v) is 14.3. The maximum absolute atomic E-state index is 14.0. The number of hydrogen-bond acceptors (Lipinski definition) is 9. The number of aliphatic imine (C=N–C) groups is 3. The second kappa shape index (κ2) is 12.9. The number of benzene rings is 2. The summed E-state index contributed by atoms with van der Waals surface area (Å²) in [5.74, 6) is -3.31. The molecule has 3 aliphatic carbocycles. The van der Waals surface area contributed by atoms with Crippen LogP contribution in [0.2, 0.25) is 0 Å². The van der Waals surface area contributed by atoms with Crippen molar-refractivity contribution < 1.29 is 37.1 Å². The van der Waals surface area contributed by atoms with Crippen LogP contribution in [0.5, 0.6) is 5.75 Å². The number of guanidine groups is 1. The van der Waals surface area contributed by atoms with E-state index in [0.29, 0.717) is 17.1 Å². The van der Waals surface area contributed by atoms with Gasteiger partial charge in [-0.2, -0.15) is 13.2 Å². The van der Waals surface area contributed by atoms with E-state index >= 15 is 0 Å². The number of carbonyl (C=O) groups is 4. The Bertz CT molecular complexity index is 2020. The van der Waals surface area contributed by atoms with E-state index in [0.717, 1.165) is 30.2 Å². The zero-order valence-electron chi connectivity index (χ0n) is 28.6. The van der Waals surface area contributed by atoms with Gasteiger partial charge in [0.05, 0.1) is 18.3 Å². The van der Waals surface area contributed by atoms with Gasteiger partial charge in [-0.3, -0.25) is 39.4 Å². The molecule has 52 heavy (non-hydrogen) atoms. The number of ether oxygens (including phenoxy) is 1. The molecule has 0 saturated heterocycles. The van der Waals surface area contributed by atoms with E-state index in [1.165, 1.54) is 41.0 Å². The van der Waals surface area contributed by atoms with Gasteiger partial charge in [0, 0.05) is 23.4 Å². The largest absolute Gasteiger partial charge is 0.488 e. The van der Waals surface area contributed by atoms with Crippen LogP contribution in [-0.2, 0) is 20.8 Å². The Morgan fingerprint density at radius 2 is 1.73 bits per heavy atom. The van der Waals surface area contributed by atoms with Crippen LogP contribution in [0.25, 0.3) is 0 Å². The van der Waals surface area contributed by atoms with Gasteiger partial charge in [-0.25, -0.2) is 4.99 Å². The number of ketones is 1. The van der Waals surface area contributed by atoms with E-state index in [9.17, 15) is 32.3 Å². The van der Waals surface area contributed by atoms with Crippen molar-refractivity contribution >= 4 is 47.1 Å². The van der Waals surface area contributed by atoms with Gasteiger partial charge in [0.1, 0.15) is 11.4 Å². The summed E-state index contributed by atoms with van der Waals surface area (Å²) in [6.07, 6.45) is -2.39. The van der Waals surface area contributed by atoms with Gasteiger partial charge in [-0.05, 0) is 111 Å². The first kappa shape index (κ1) is 34.8. The normalized spacial score (nSPS) is 22.2. The minimum absolute atomic E-state index is 0.0726. The number of nitrogens with zero attached hydrogens (tertiary/aromatic N) is 4. The lowest BCUT2D eigenvalue weighted by Gasteiger charge is -2.28. The van der Waals surface area contributed by atoms with Gasteiger partial charge >= 0.3 is 12.1 Å². The van der Waals surface area contributed by atoms with Crippen LogP contribution in [0.4, 0.5) is 18.9 Å². The highest BCUT2D eigenvalue weighted by Gasteiger charge is 2.49. The highest BCUT2D eigenvalue weighted by atomic mass is 19.4. The number of nitrogens with two attached hydrogens (primary N) is 1. The topological polar surface area (TPSA) is 168 Å². The van der Waals surface area contributed by atoms with E-state index in [4.69, 9.17) is 10.5 Å². The molecule has 2 aromatic carbocycles. The number of amides is 3. The Morgan fingerprint density at radius 1 is 1.02 bits per heavy atom. The SMILES string of the molecule is CC(C)(C)Oc1ccc(C[C@H](NC(=O)c2ccc(N(CC3=NC4C(=O)NC(N)=NC4N=C3)C(=O)C(F)(F)F)cc2)C(=O)C2CCC3=C2C2=C3C2)cc1. The number of anilines is 1. The van der Waals surface area contributed by atoms with Crippen LogP contribution in [0.3, 0.4) is 0 Å². The zero-order valence-corrected chi connectivity index (χ0v) is 28.6. The Hall–Kier alpha value is -5.60. The lowest BCUT2D eigenvalue weighted by atomic mass is 9.86. The van der Waals surface area contributed by atoms with Crippen molar-refractivity contribution in [2.24, 2.45) is 26.6 Å². The Morgan fingerprint density at radius 3 is 2.40 bits per heavy atom. The number of carbonyl (C=O) groups excluding carboxylic acids is 4. The van der Waals surface area contributed by atoms with E-state index in [2.05, 4.69) is 25.6 Å². The number of allylic oxidation sites excluding steroid dienone is 4. The number of Topliss-reactive ketones (excluding diaryl/α,β-unsaturated/α-hetero) is 1. The van der Waals surface area contributed by atoms with Crippen LogP contribution >= 0.6 is 0 Å². The van der Waals surface area contributed by atoms with Gasteiger partial charge in [-0.1, -0.05) is 12.1 Å². The first-order valence-corrected chi connectivity index (χ1v) is 16.9. The number of fused-ring (bicyclic) bond motifs is 3. The molecule has 0 spiro atoms. The summed E-state index contributed by atoms with van der Waals surface area (Å²) in [6.45, 7) is 5.15. The van der Waals surface area contributed by atoms with Crippen molar-refractivity contribution in [2.75, 3.05) is 11.4 Å². The van der Waals surface area contributed by atoms with Crippen molar-refractivity contribution in [3.8, 4) is 5.75 Å². The van der Waals surface area contributed by atoms with Crippen LogP contribution in [-0.4, -0.2) is 78.0 Å². The lowest BCUT2D eigenvalue weighted by molar-refractivity contribution is -0.170. The van der Waals surface area contributed by atoms with Crippen molar-refractivity contribution in [1.29, 1.82) is 0 Å². The molecule has 3 amide bonds. The van der Waals surface area contributed by atoms with Gasteiger partial charge in [0.2, 0.25) is 0 Å². The molecule has 0 bridgehead atoms. The van der Waals surface area contributed by atoms with Crippen molar-refractivity contribution in [1.82, 2.24) is 10.6 Å². The minimum atomic E-state index is -5.25. The Labute approximate surface area is 296 Å². The lowest BCUT2D eigenvalue weighted by Crippen LogP contribution is -2.53. The first-order chi connectivity index (χ1) is 24.6. The summed E-state index contributed by atoms with van der Waals surface area (Å²) < 4.78 is 47.2. The van der Waals surface area contributed by atoms with E-state index in [1.54, 1.807) is 0 Å². The quantitative estimate of drug-likeness (QED) is 0.339. The summed E-state index contributed by atoms with van der Waals surface area (Å²) >= 11 is 0. The molecule has 2 aromatic rings.